The van der Waals surface area contributed by atoms with E-state index >= 15 is 0 Å². The third-order valence-corrected chi connectivity index (χ3v) is 4.95. The van der Waals surface area contributed by atoms with Crippen molar-refractivity contribution < 1.29 is 18.7 Å². The Morgan fingerprint density at radius 3 is 2.30 bits per heavy atom. The molecule has 0 amide bonds. The largest absolute Gasteiger partial charge is 0.480 e. The number of benzene rings is 4. The fourth-order valence-electron chi connectivity index (χ4n) is 3.33. The lowest BCUT2D eigenvalue weighted by molar-refractivity contribution is 0.0732. The summed E-state index contributed by atoms with van der Waals surface area (Å²) in [5.41, 5.74) is 0.330. The van der Waals surface area contributed by atoms with Crippen LogP contribution in [0, 0.1) is 5.82 Å². The number of esters is 1. The summed E-state index contributed by atoms with van der Waals surface area (Å²) in [5.74, 6) is -0.667. The summed E-state index contributed by atoms with van der Waals surface area (Å²) in [6, 6.07) is 26.7. The number of rotatable bonds is 5. The quantitative estimate of drug-likeness (QED) is 0.283. The Bertz CT molecular complexity index is 1190. The van der Waals surface area contributed by atoms with Crippen LogP contribution in [0.3, 0.4) is 0 Å². The van der Waals surface area contributed by atoms with E-state index in [1.165, 1.54) is 18.2 Å². The second-order valence-electron chi connectivity index (χ2n) is 7.49. The topological polar surface area (TPSA) is 35.5 Å². The number of fused-ring (bicyclic) bond motifs is 1. The minimum Gasteiger partial charge on any atom is -0.480 e. The molecule has 0 N–H and O–H groups in total. The van der Waals surface area contributed by atoms with Crippen LogP contribution in [0.4, 0.5) is 4.39 Å². The molecular weight excluding hydrogens is 379 g/mol. The van der Waals surface area contributed by atoms with Crippen molar-refractivity contribution in [1.29, 1.82) is 0 Å². The summed E-state index contributed by atoms with van der Waals surface area (Å²) in [5, 5.41) is 1.80. The van der Waals surface area contributed by atoms with Crippen LogP contribution in [0.5, 0.6) is 11.5 Å². The van der Waals surface area contributed by atoms with Gasteiger partial charge in [0.15, 0.2) is 11.6 Å². The van der Waals surface area contributed by atoms with E-state index in [-0.39, 0.29) is 11.3 Å². The number of carbonyl (C=O) groups is 1. The van der Waals surface area contributed by atoms with Gasteiger partial charge in [-0.2, -0.15) is 0 Å². The molecular formula is C26H21FO3. The zero-order valence-corrected chi connectivity index (χ0v) is 16.8. The predicted octanol–water partition coefficient (Wildman–Crippen LogP) is 6.51. The number of carbonyl (C=O) groups excluding carboxylic acids is 1. The van der Waals surface area contributed by atoms with Crippen molar-refractivity contribution in [2.24, 2.45) is 0 Å². The first-order valence-corrected chi connectivity index (χ1v) is 9.68. The van der Waals surface area contributed by atoms with Gasteiger partial charge < -0.3 is 9.47 Å². The fraction of sp³-hybridized carbons (Fsp3) is 0.115. The third-order valence-electron chi connectivity index (χ3n) is 4.95. The maximum atomic E-state index is 14.4. The minimum atomic E-state index is -0.778. The highest BCUT2D eigenvalue weighted by molar-refractivity contribution is 5.95. The normalized spacial score (nSPS) is 11.3. The van der Waals surface area contributed by atoms with Crippen LogP contribution in [-0.2, 0) is 5.60 Å². The maximum absolute atomic E-state index is 14.4. The molecule has 4 aromatic carbocycles. The number of halogens is 1. The van der Waals surface area contributed by atoms with E-state index in [4.69, 9.17) is 9.47 Å². The average Bonchev–Trinajstić information content (AvgIpc) is 2.76. The van der Waals surface area contributed by atoms with Gasteiger partial charge in [-0.25, -0.2) is 9.18 Å². The zero-order chi connectivity index (χ0) is 21.1. The summed E-state index contributed by atoms with van der Waals surface area (Å²) in [7, 11) is 0. The van der Waals surface area contributed by atoms with E-state index in [2.05, 4.69) is 0 Å². The van der Waals surface area contributed by atoms with Crippen LogP contribution in [0.25, 0.3) is 10.8 Å². The second kappa shape index (κ2) is 7.99. The van der Waals surface area contributed by atoms with Gasteiger partial charge in [0.25, 0.3) is 0 Å². The van der Waals surface area contributed by atoms with Gasteiger partial charge in [-0.15, -0.1) is 0 Å². The smallest absolute Gasteiger partial charge is 0.343 e. The molecule has 30 heavy (non-hydrogen) atoms. The van der Waals surface area contributed by atoms with Gasteiger partial charge in [0.2, 0.25) is 0 Å². The number of hydrogen-bond acceptors (Lipinski definition) is 3. The number of hydrogen-bond donors (Lipinski definition) is 0. The molecule has 0 aromatic heterocycles. The summed E-state index contributed by atoms with van der Waals surface area (Å²) in [4.78, 5) is 12.8. The highest BCUT2D eigenvalue weighted by Crippen LogP contribution is 2.31. The lowest BCUT2D eigenvalue weighted by Crippen LogP contribution is -2.25. The predicted molar refractivity (Wildman–Crippen MR) is 115 cm³/mol. The molecule has 3 nitrogen and oxygen atoms in total. The van der Waals surface area contributed by atoms with E-state index in [0.29, 0.717) is 5.75 Å². The molecule has 4 heteroatoms. The van der Waals surface area contributed by atoms with Crippen molar-refractivity contribution >= 4 is 16.7 Å². The second-order valence-corrected chi connectivity index (χ2v) is 7.49. The van der Waals surface area contributed by atoms with Crippen LogP contribution < -0.4 is 9.47 Å². The Balaban J connectivity index is 1.60. The van der Waals surface area contributed by atoms with Crippen molar-refractivity contribution in [2.75, 3.05) is 0 Å². The molecule has 0 aliphatic carbocycles. The summed E-state index contributed by atoms with van der Waals surface area (Å²) < 4.78 is 26.0. The zero-order valence-electron chi connectivity index (χ0n) is 16.8. The maximum Gasteiger partial charge on any atom is 0.343 e. The molecule has 0 bridgehead atoms. The first kappa shape index (κ1) is 19.6. The third kappa shape index (κ3) is 4.03. The van der Waals surface area contributed by atoms with Crippen molar-refractivity contribution in [3.05, 3.63) is 108 Å². The van der Waals surface area contributed by atoms with Gasteiger partial charge in [-0.05, 0) is 49.1 Å². The van der Waals surface area contributed by atoms with Crippen molar-refractivity contribution in [1.82, 2.24) is 0 Å². The number of ether oxygens (including phenoxy) is 2. The van der Waals surface area contributed by atoms with E-state index < -0.39 is 17.4 Å². The molecule has 0 radical (unpaired) electrons. The Morgan fingerprint density at radius 2 is 1.50 bits per heavy atom. The Morgan fingerprint density at radius 1 is 0.800 bits per heavy atom. The van der Waals surface area contributed by atoms with Gasteiger partial charge in [-0.1, -0.05) is 66.7 Å². The first-order chi connectivity index (χ1) is 14.4. The van der Waals surface area contributed by atoms with Crippen LogP contribution in [-0.4, -0.2) is 5.97 Å². The molecule has 4 aromatic rings. The van der Waals surface area contributed by atoms with Crippen molar-refractivity contribution in [3.8, 4) is 11.5 Å². The first-order valence-electron chi connectivity index (χ1n) is 9.68. The van der Waals surface area contributed by atoms with Gasteiger partial charge in [-0.3, -0.25) is 0 Å². The van der Waals surface area contributed by atoms with Gasteiger partial charge in [0.05, 0.1) is 5.56 Å². The molecule has 0 spiro atoms. The highest BCUT2D eigenvalue weighted by atomic mass is 19.1. The molecule has 4 rings (SSSR count). The van der Waals surface area contributed by atoms with Crippen LogP contribution in [0.2, 0.25) is 0 Å². The summed E-state index contributed by atoms with van der Waals surface area (Å²) in [6.07, 6.45) is 0. The summed E-state index contributed by atoms with van der Waals surface area (Å²) >= 11 is 0. The monoisotopic (exact) mass is 400 g/mol. The molecule has 0 aliphatic rings. The molecule has 0 fully saturated rings. The average molecular weight is 400 g/mol. The van der Waals surface area contributed by atoms with E-state index in [9.17, 15) is 9.18 Å². The van der Waals surface area contributed by atoms with Crippen molar-refractivity contribution in [3.63, 3.8) is 0 Å². The molecule has 0 saturated carbocycles. The van der Waals surface area contributed by atoms with Gasteiger partial charge >= 0.3 is 5.97 Å². The van der Waals surface area contributed by atoms with Gasteiger partial charge in [0.1, 0.15) is 11.4 Å². The van der Waals surface area contributed by atoms with Gasteiger partial charge in [0, 0.05) is 5.39 Å². The Kier molecular flexibility index (Phi) is 5.23. The van der Waals surface area contributed by atoms with Crippen LogP contribution in [0.15, 0.2) is 91.0 Å². The van der Waals surface area contributed by atoms with E-state index in [1.54, 1.807) is 6.07 Å². The lowest BCUT2D eigenvalue weighted by Gasteiger charge is -2.27. The molecule has 0 heterocycles. The van der Waals surface area contributed by atoms with Crippen LogP contribution >= 0.6 is 0 Å². The fourth-order valence-corrected chi connectivity index (χ4v) is 3.33. The minimum absolute atomic E-state index is 0.00350. The SMILES string of the molecule is CC(C)(Oc1cc(C(=O)Oc2cccc3ccccc23)ccc1F)c1ccccc1. The van der Waals surface area contributed by atoms with E-state index in [0.717, 1.165) is 16.3 Å². The Labute approximate surface area is 174 Å². The highest BCUT2D eigenvalue weighted by Gasteiger charge is 2.25. The molecule has 0 atom stereocenters. The standard InChI is InChI=1S/C26H21FO3/c1-26(2,20-11-4-3-5-12-20)30-24-17-19(15-16-22(24)27)25(28)29-23-14-8-10-18-9-6-7-13-21(18)23/h3-17H,1-2H3. The molecule has 150 valence electrons. The van der Waals surface area contributed by atoms with E-state index in [1.807, 2.05) is 80.6 Å². The Hall–Kier alpha value is -3.66. The molecule has 0 saturated heterocycles. The van der Waals surface area contributed by atoms with Crippen LogP contribution in [0.1, 0.15) is 29.8 Å². The lowest BCUT2D eigenvalue weighted by atomic mass is 9.98. The molecule has 0 aliphatic heterocycles. The van der Waals surface area contributed by atoms with Crippen molar-refractivity contribution in [2.45, 2.75) is 19.4 Å². The summed E-state index contributed by atoms with van der Waals surface area (Å²) in [6.45, 7) is 3.70. The molecule has 0 unspecified atom stereocenters.